The highest BCUT2D eigenvalue weighted by molar-refractivity contribution is 8.76. The maximum absolute atomic E-state index is 11.2. The summed E-state index contributed by atoms with van der Waals surface area (Å²) >= 11 is 0. The van der Waals surface area contributed by atoms with Gasteiger partial charge in [0.2, 0.25) is 0 Å². The molecule has 0 atom stereocenters. The second-order valence-corrected chi connectivity index (χ2v) is 7.62. The van der Waals surface area contributed by atoms with Crippen LogP contribution < -0.4 is 10.6 Å². The third-order valence-corrected chi connectivity index (χ3v) is 6.11. The van der Waals surface area contributed by atoms with Gasteiger partial charge < -0.3 is 20.8 Å². The molecule has 3 rings (SSSR count). The maximum atomic E-state index is 11.2. The van der Waals surface area contributed by atoms with Crippen molar-refractivity contribution in [2.75, 3.05) is 23.7 Å². The zero-order chi connectivity index (χ0) is 17.8. The van der Waals surface area contributed by atoms with Crippen molar-refractivity contribution in [3.8, 4) is 0 Å². The maximum Gasteiger partial charge on any atom is 0.335 e. The van der Waals surface area contributed by atoms with E-state index in [0.717, 1.165) is 40.7 Å². The zero-order valence-electron chi connectivity index (χ0n) is 13.1. The molecule has 25 heavy (non-hydrogen) atoms. The van der Waals surface area contributed by atoms with Crippen LogP contribution in [0.2, 0.25) is 0 Å². The molecule has 0 aliphatic carbocycles. The van der Waals surface area contributed by atoms with Gasteiger partial charge in [-0.05, 0) is 42.8 Å². The summed E-state index contributed by atoms with van der Waals surface area (Å²) in [6.07, 6.45) is 0.871. The van der Waals surface area contributed by atoms with Gasteiger partial charge in [-0.1, -0.05) is 21.6 Å². The highest BCUT2D eigenvalue weighted by Gasteiger charge is 2.14. The smallest absolute Gasteiger partial charge is 0.335 e. The molecule has 0 unspecified atom stereocenters. The Kier molecular flexibility index (Phi) is 5.40. The molecule has 1 heterocycles. The Hall–Kier alpha value is -2.32. The lowest BCUT2D eigenvalue weighted by molar-refractivity contribution is 0.0686. The predicted molar refractivity (Wildman–Crippen MR) is 100 cm³/mol. The number of aromatic carboxylic acids is 2. The van der Waals surface area contributed by atoms with Crippen molar-refractivity contribution in [1.29, 1.82) is 0 Å². The molecule has 0 spiro atoms. The average Bonchev–Trinajstić information content (AvgIpc) is 2.63. The van der Waals surface area contributed by atoms with Gasteiger partial charge in [-0.15, -0.1) is 0 Å². The van der Waals surface area contributed by atoms with E-state index in [0.29, 0.717) is 0 Å². The molecule has 130 valence electrons. The largest absolute Gasteiger partial charge is 0.478 e. The van der Waals surface area contributed by atoms with Gasteiger partial charge in [0.05, 0.1) is 11.1 Å². The quantitative estimate of drug-likeness (QED) is 0.581. The molecular weight excluding hydrogens is 360 g/mol. The summed E-state index contributed by atoms with van der Waals surface area (Å²) in [6.45, 7) is 1.50. The number of anilines is 2. The van der Waals surface area contributed by atoms with Crippen LogP contribution in [0.5, 0.6) is 0 Å². The van der Waals surface area contributed by atoms with Crippen LogP contribution in [0.4, 0.5) is 11.4 Å². The summed E-state index contributed by atoms with van der Waals surface area (Å²) in [5.74, 6) is -1.95. The normalized spacial score (nSPS) is 14.1. The topological polar surface area (TPSA) is 98.7 Å². The number of benzene rings is 2. The fourth-order valence-electron chi connectivity index (χ4n) is 2.36. The Morgan fingerprint density at radius 1 is 0.800 bits per heavy atom. The standard InChI is InChI=1S/C17H16N2O4S2/c20-16(21)10-2-4-12-14(8-10)24-25-15-9-11(17(22)23)3-5-13(15)19-7-1-6-18-12/h2-5,8-9,18-19H,1,6-7H2,(H,20,21)(H,22,23). The van der Waals surface area contributed by atoms with E-state index in [1.165, 1.54) is 21.6 Å². The Bertz CT molecular complexity index is 759. The second-order valence-electron chi connectivity index (χ2n) is 5.41. The van der Waals surface area contributed by atoms with Crippen molar-refractivity contribution >= 4 is 44.9 Å². The summed E-state index contributed by atoms with van der Waals surface area (Å²) in [7, 11) is 2.81. The molecule has 8 heteroatoms. The first-order valence-corrected chi connectivity index (χ1v) is 9.76. The van der Waals surface area contributed by atoms with Crippen LogP contribution in [-0.4, -0.2) is 35.2 Å². The van der Waals surface area contributed by atoms with E-state index in [2.05, 4.69) is 10.6 Å². The molecule has 0 fully saturated rings. The SMILES string of the molecule is O=C(O)c1ccc2c(c1)SSc1cc(C(=O)O)ccc1NCCCN2. The Labute approximate surface area is 152 Å². The van der Waals surface area contributed by atoms with Gasteiger partial charge in [0, 0.05) is 34.3 Å². The first kappa shape index (κ1) is 17.5. The number of carbonyl (C=O) groups is 2. The lowest BCUT2D eigenvalue weighted by Gasteiger charge is -2.12. The summed E-state index contributed by atoms with van der Waals surface area (Å²) in [5.41, 5.74) is 2.20. The first-order valence-electron chi connectivity index (χ1n) is 7.61. The van der Waals surface area contributed by atoms with Crippen LogP contribution in [-0.2, 0) is 0 Å². The van der Waals surface area contributed by atoms with Crippen LogP contribution in [0, 0.1) is 0 Å². The Morgan fingerprint density at radius 3 is 1.64 bits per heavy atom. The number of rotatable bonds is 2. The predicted octanol–water partition coefficient (Wildman–Crippen LogP) is 4.11. The van der Waals surface area contributed by atoms with Gasteiger partial charge in [0.1, 0.15) is 0 Å². The van der Waals surface area contributed by atoms with Crippen molar-refractivity contribution in [2.45, 2.75) is 16.2 Å². The molecule has 6 nitrogen and oxygen atoms in total. The van der Waals surface area contributed by atoms with Crippen molar-refractivity contribution in [1.82, 2.24) is 0 Å². The van der Waals surface area contributed by atoms with Crippen molar-refractivity contribution in [3.05, 3.63) is 47.5 Å². The molecule has 1 aliphatic rings. The summed E-state index contributed by atoms with van der Waals surface area (Å²) in [5, 5.41) is 25.0. The lowest BCUT2D eigenvalue weighted by Crippen LogP contribution is -2.10. The minimum absolute atomic E-state index is 0.223. The lowest BCUT2D eigenvalue weighted by atomic mass is 10.2. The number of hydrogen-bond acceptors (Lipinski definition) is 6. The van der Waals surface area contributed by atoms with E-state index < -0.39 is 11.9 Å². The van der Waals surface area contributed by atoms with Crippen LogP contribution in [0.25, 0.3) is 0 Å². The van der Waals surface area contributed by atoms with Gasteiger partial charge in [-0.3, -0.25) is 0 Å². The molecule has 0 amide bonds. The molecule has 0 radical (unpaired) electrons. The van der Waals surface area contributed by atoms with E-state index in [1.807, 2.05) is 0 Å². The van der Waals surface area contributed by atoms with Crippen LogP contribution in [0.3, 0.4) is 0 Å². The van der Waals surface area contributed by atoms with E-state index in [-0.39, 0.29) is 11.1 Å². The minimum Gasteiger partial charge on any atom is -0.478 e. The highest BCUT2D eigenvalue weighted by Crippen LogP contribution is 2.44. The molecule has 4 N–H and O–H groups in total. The van der Waals surface area contributed by atoms with E-state index in [1.54, 1.807) is 36.4 Å². The van der Waals surface area contributed by atoms with Gasteiger partial charge in [-0.25, -0.2) is 9.59 Å². The Morgan fingerprint density at radius 2 is 1.24 bits per heavy atom. The molecule has 0 aromatic heterocycles. The van der Waals surface area contributed by atoms with Gasteiger partial charge >= 0.3 is 11.9 Å². The van der Waals surface area contributed by atoms with Gasteiger partial charge in [0.25, 0.3) is 0 Å². The van der Waals surface area contributed by atoms with Crippen LogP contribution in [0.15, 0.2) is 46.2 Å². The fraction of sp³-hybridized carbons (Fsp3) is 0.176. The summed E-state index contributed by atoms with van der Waals surface area (Å²) < 4.78 is 0. The number of hydrogen-bond donors (Lipinski definition) is 4. The fourth-order valence-corrected chi connectivity index (χ4v) is 4.72. The molecule has 1 aliphatic heterocycles. The number of nitrogens with one attached hydrogen (secondary N) is 2. The third kappa shape index (κ3) is 4.21. The van der Waals surface area contributed by atoms with Crippen LogP contribution in [0.1, 0.15) is 27.1 Å². The molecule has 0 bridgehead atoms. The van der Waals surface area contributed by atoms with Gasteiger partial charge in [-0.2, -0.15) is 0 Å². The highest BCUT2D eigenvalue weighted by atomic mass is 33.1. The van der Waals surface area contributed by atoms with Crippen LogP contribution >= 0.6 is 21.6 Å². The van der Waals surface area contributed by atoms with Gasteiger partial charge in [0.15, 0.2) is 0 Å². The molecule has 2 aromatic rings. The minimum atomic E-state index is -0.974. The molecule has 2 aromatic carbocycles. The zero-order valence-corrected chi connectivity index (χ0v) is 14.7. The van der Waals surface area contributed by atoms with Crippen molar-refractivity contribution in [3.63, 3.8) is 0 Å². The summed E-state index contributed by atoms with van der Waals surface area (Å²) in [6, 6.07) is 9.96. The third-order valence-electron chi connectivity index (χ3n) is 3.66. The monoisotopic (exact) mass is 376 g/mol. The van der Waals surface area contributed by atoms with Crippen molar-refractivity contribution < 1.29 is 19.8 Å². The molecule has 0 saturated heterocycles. The number of carboxylic acid groups (broad SMARTS) is 2. The molecular formula is C17H16N2O4S2. The second kappa shape index (κ2) is 7.71. The number of carboxylic acids is 2. The van der Waals surface area contributed by atoms with E-state index >= 15 is 0 Å². The first-order chi connectivity index (χ1) is 12.0. The summed E-state index contributed by atoms with van der Waals surface area (Å²) in [4.78, 5) is 24.1. The van der Waals surface area contributed by atoms with Crippen molar-refractivity contribution in [2.24, 2.45) is 0 Å². The van der Waals surface area contributed by atoms with E-state index in [9.17, 15) is 19.8 Å². The van der Waals surface area contributed by atoms with E-state index in [4.69, 9.17) is 0 Å². The number of fused-ring (bicyclic) bond motifs is 2. The Balaban J connectivity index is 1.96. The average molecular weight is 376 g/mol. The molecule has 0 saturated carbocycles.